The molecule has 0 radical (unpaired) electrons. The molecule has 0 amide bonds. The first-order chi connectivity index (χ1) is 23.9. The fourth-order valence-corrected chi connectivity index (χ4v) is 9.13. The Morgan fingerprint density at radius 3 is 1.96 bits per heavy atom. The Hall–Kier alpha value is -3.63. The number of aliphatic hydroxyl groups is 2. The molecule has 5 rings (SSSR count). The van der Waals surface area contributed by atoms with Crippen LogP contribution in [0.4, 0.5) is 0 Å². The van der Waals surface area contributed by atoms with Crippen LogP contribution in [0.1, 0.15) is 102 Å². The Bertz CT molecular complexity index is 1340. The number of quaternary nitrogens is 1. The van der Waals surface area contributed by atoms with Gasteiger partial charge in [-0.25, -0.2) is 9.97 Å². The van der Waals surface area contributed by atoms with Crippen LogP contribution >= 0.6 is 0 Å². The maximum Gasteiger partial charge on any atom is 0.131 e. The molecule has 1 aliphatic carbocycles. The number of aromatic nitrogens is 2. The molecule has 4 heterocycles. The van der Waals surface area contributed by atoms with Gasteiger partial charge in [-0.3, -0.25) is 0 Å². The summed E-state index contributed by atoms with van der Waals surface area (Å²) < 4.78 is 1.29. The van der Waals surface area contributed by atoms with E-state index in [0.29, 0.717) is 46.1 Å². The lowest BCUT2D eigenvalue weighted by Gasteiger charge is -2.61. The van der Waals surface area contributed by atoms with Crippen LogP contribution in [-0.2, 0) is 4.79 Å². The van der Waals surface area contributed by atoms with Gasteiger partial charge in [-0.1, -0.05) is 46.9 Å². The van der Waals surface area contributed by atoms with Crippen molar-refractivity contribution in [1.29, 1.82) is 0 Å². The van der Waals surface area contributed by atoms with Gasteiger partial charge in [-0.2, -0.15) is 0 Å². The summed E-state index contributed by atoms with van der Waals surface area (Å²) in [5.74, 6) is 2.81. The van der Waals surface area contributed by atoms with Gasteiger partial charge in [0.15, 0.2) is 0 Å². The number of carbonyl (C=O) groups is 1. The number of allylic oxidation sites excluding steroid dienone is 3. The van der Waals surface area contributed by atoms with E-state index in [0.717, 1.165) is 51.7 Å². The van der Waals surface area contributed by atoms with Crippen LogP contribution in [0.3, 0.4) is 0 Å². The van der Waals surface area contributed by atoms with Gasteiger partial charge in [0.2, 0.25) is 0 Å². The van der Waals surface area contributed by atoms with Crippen LogP contribution in [0.25, 0.3) is 0 Å². The van der Waals surface area contributed by atoms with Crippen LogP contribution in [0, 0.1) is 23.2 Å². The second kappa shape index (κ2) is 18.6. The lowest BCUT2D eigenvalue weighted by atomic mass is 9.64. The zero-order valence-corrected chi connectivity index (χ0v) is 31.5. The minimum atomic E-state index is -0.139. The van der Waals surface area contributed by atoms with E-state index in [1.807, 2.05) is 13.8 Å². The quantitative estimate of drug-likeness (QED) is 0.0986. The van der Waals surface area contributed by atoms with Crippen LogP contribution < -0.4 is 17.2 Å². The van der Waals surface area contributed by atoms with Crippen molar-refractivity contribution < 1.29 is 19.5 Å². The average molecular weight is 693 g/mol. The highest BCUT2D eigenvalue weighted by molar-refractivity contribution is 5.53. The molecule has 3 aliphatic heterocycles. The predicted molar refractivity (Wildman–Crippen MR) is 203 cm³/mol. The number of hydrogen-bond donors (Lipinski definition) is 5. The zero-order valence-electron chi connectivity index (χ0n) is 31.5. The molecule has 4 aliphatic rings. The molecule has 2 atom stereocenters. The number of nitrogens with zero attached hydrogens (tertiary/aromatic N) is 4. The number of carbonyl (C=O) groups excluding carboxylic acids is 1. The smallest absolute Gasteiger partial charge is 0.131 e. The number of likely N-dealkylation sites (tertiary alicyclic amines) is 1. The molecule has 3 saturated heterocycles. The van der Waals surface area contributed by atoms with E-state index in [9.17, 15) is 9.90 Å². The molecule has 0 bridgehead atoms. The fourth-order valence-electron chi connectivity index (χ4n) is 9.13. The first-order valence-electron chi connectivity index (χ1n) is 18.7. The molecule has 278 valence electrons. The van der Waals surface area contributed by atoms with Gasteiger partial charge in [0.1, 0.15) is 23.7 Å². The van der Waals surface area contributed by atoms with Gasteiger partial charge >= 0.3 is 0 Å². The Morgan fingerprint density at radius 1 is 0.960 bits per heavy atom. The van der Waals surface area contributed by atoms with Gasteiger partial charge < -0.3 is 41.6 Å². The van der Waals surface area contributed by atoms with Gasteiger partial charge in [0, 0.05) is 68.5 Å². The second-order valence-electron chi connectivity index (χ2n) is 15.2. The summed E-state index contributed by atoms with van der Waals surface area (Å²) in [5, 5.41) is 17.0. The molecule has 10 nitrogen and oxygen atoms in total. The summed E-state index contributed by atoms with van der Waals surface area (Å²) >= 11 is 0. The van der Waals surface area contributed by atoms with Crippen molar-refractivity contribution in [3.05, 3.63) is 83.7 Å². The third-order valence-corrected chi connectivity index (χ3v) is 11.3. The molecule has 8 N–H and O–H groups in total. The van der Waals surface area contributed by atoms with E-state index in [-0.39, 0.29) is 17.5 Å². The lowest BCUT2D eigenvalue weighted by molar-refractivity contribution is -0.989. The summed E-state index contributed by atoms with van der Waals surface area (Å²) in [6.45, 7) is 22.5. The molecule has 1 saturated carbocycles. The van der Waals surface area contributed by atoms with E-state index in [4.69, 9.17) is 32.3 Å². The maximum atomic E-state index is 11.2. The van der Waals surface area contributed by atoms with E-state index in [1.54, 1.807) is 18.2 Å². The van der Waals surface area contributed by atoms with Crippen LogP contribution in [-0.4, -0.2) is 82.2 Å². The van der Waals surface area contributed by atoms with E-state index in [1.165, 1.54) is 68.2 Å². The summed E-state index contributed by atoms with van der Waals surface area (Å²) in [6, 6.07) is 0. The Kier molecular flexibility index (Phi) is 15.1. The lowest BCUT2D eigenvalue weighted by Crippen LogP contribution is -2.71. The van der Waals surface area contributed by atoms with Crippen molar-refractivity contribution in [1.82, 2.24) is 14.9 Å². The molecule has 50 heavy (non-hydrogen) atoms. The van der Waals surface area contributed by atoms with Gasteiger partial charge in [0.05, 0.1) is 37.3 Å². The van der Waals surface area contributed by atoms with Crippen molar-refractivity contribution in [3.63, 3.8) is 0 Å². The largest absolute Gasteiger partial charge is 0.508 e. The van der Waals surface area contributed by atoms with Gasteiger partial charge in [0.25, 0.3) is 0 Å². The molecular formula is C40H66N7O3+. The van der Waals surface area contributed by atoms with E-state index < -0.39 is 0 Å². The monoisotopic (exact) mass is 693 g/mol. The first-order valence-corrected chi connectivity index (χ1v) is 18.7. The molecule has 2 unspecified atom stereocenters. The minimum Gasteiger partial charge on any atom is -0.508 e. The average Bonchev–Trinajstić information content (AvgIpc) is 3.10. The van der Waals surface area contributed by atoms with Gasteiger partial charge in [-0.05, 0) is 74.0 Å². The number of hydrogen-bond acceptors (Lipinski definition) is 9. The van der Waals surface area contributed by atoms with Crippen molar-refractivity contribution in [2.24, 2.45) is 40.4 Å². The normalized spacial score (nSPS) is 31.4. The molecule has 2 spiro atoms. The highest BCUT2D eigenvalue weighted by atomic mass is 16.3. The molecule has 1 aromatic rings. The summed E-state index contributed by atoms with van der Waals surface area (Å²) in [5.41, 5.74) is 21.8. The van der Waals surface area contributed by atoms with Crippen LogP contribution in [0.2, 0.25) is 0 Å². The summed E-state index contributed by atoms with van der Waals surface area (Å²) in [4.78, 5) is 23.3. The standard InChI is InChI=1S/C37H55N7O2.C2H6.CH4O/c1-5-6-32(27(4)46)33(38)17-34(35(39)40)43-20-25(2)15-30(16-26(3)21-43)36-41-18-31(19-42-36)29-9-13-44(14-10-29)23-37(24-44)11-7-28(22-45)8-12-37;2*1-2/h5-6,17-19,22,25-26,28-30H,1,4,7-16,20-21,23-24,38-40H2,2-3H3;1-2H3;2H,1H3/p+1/b32-6+,33-17-;;. The molecular weight excluding hydrogens is 626 g/mol. The third-order valence-electron chi connectivity index (χ3n) is 11.3. The Labute approximate surface area is 301 Å². The molecule has 4 fully saturated rings. The number of aliphatic hydroxyl groups excluding tert-OH is 2. The number of piperidine rings is 1. The molecule has 10 heteroatoms. The van der Waals surface area contributed by atoms with Crippen molar-refractivity contribution in [2.75, 3.05) is 46.4 Å². The Morgan fingerprint density at radius 2 is 1.50 bits per heavy atom. The number of aldehydes is 1. The summed E-state index contributed by atoms with van der Waals surface area (Å²) in [6.07, 6.45) is 19.3. The predicted octanol–water partition coefficient (Wildman–Crippen LogP) is 5.76. The summed E-state index contributed by atoms with van der Waals surface area (Å²) in [7, 11) is 1.00. The second-order valence-corrected chi connectivity index (χ2v) is 15.2. The molecule has 0 aromatic carbocycles. The van der Waals surface area contributed by atoms with Crippen molar-refractivity contribution in [3.8, 4) is 0 Å². The zero-order chi connectivity index (χ0) is 37.1. The SMILES string of the molecule is C=C/C=C(C(=C)O)/C(N)=C/C(=C(N)N)N1CC(C)CC(c2ncc(C3CC[N+]4(CC3)CC3(CCC(C=O)CC3)C4)cn2)CC(C)C1.CC.CO. The number of rotatable bonds is 8. The Balaban J connectivity index is 0.00000163. The third kappa shape index (κ3) is 10.00. The van der Waals surface area contributed by atoms with E-state index in [2.05, 4.69) is 44.3 Å². The first kappa shape index (κ1) is 40.8. The minimum absolute atomic E-state index is 0.139. The van der Waals surface area contributed by atoms with Gasteiger partial charge in [-0.15, -0.1) is 0 Å². The van der Waals surface area contributed by atoms with Crippen LogP contribution in [0.15, 0.2) is 72.3 Å². The van der Waals surface area contributed by atoms with Crippen LogP contribution in [0.5, 0.6) is 0 Å². The van der Waals surface area contributed by atoms with Crippen molar-refractivity contribution in [2.45, 2.75) is 90.9 Å². The fraction of sp³-hybridized carbons (Fsp3) is 0.625. The maximum absolute atomic E-state index is 11.2. The van der Waals surface area contributed by atoms with Crippen molar-refractivity contribution >= 4 is 6.29 Å². The highest BCUT2D eigenvalue weighted by Crippen LogP contribution is 2.51. The topological polar surface area (TPSA) is 165 Å². The highest BCUT2D eigenvalue weighted by Gasteiger charge is 2.57. The van der Waals surface area contributed by atoms with E-state index >= 15 is 0 Å². The molecule has 1 aromatic heterocycles. The number of nitrogens with two attached hydrogens (primary N) is 3.